The molecule has 0 spiro atoms. The van der Waals surface area contributed by atoms with Crippen molar-refractivity contribution in [2.75, 3.05) is 39.3 Å². The maximum absolute atomic E-state index is 11.6. The lowest BCUT2D eigenvalue weighted by Gasteiger charge is -2.26. The fourth-order valence-electron chi connectivity index (χ4n) is 1.24. The molecule has 0 bridgehead atoms. The number of nitrogens with one attached hydrogen (secondary N) is 2. The van der Waals surface area contributed by atoms with Gasteiger partial charge in [-0.2, -0.15) is 17.4 Å². The van der Waals surface area contributed by atoms with Crippen LogP contribution in [0.4, 0.5) is 0 Å². The van der Waals surface area contributed by atoms with E-state index in [1.807, 2.05) is 0 Å². The van der Waals surface area contributed by atoms with Gasteiger partial charge in [0.1, 0.15) is 0 Å². The number of nitrogens with zero attached hydrogens (tertiary/aromatic N) is 1. The van der Waals surface area contributed by atoms with Crippen molar-refractivity contribution < 1.29 is 18.6 Å². The largest absolute Gasteiger partial charge is 0.394 e. The van der Waals surface area contributed by atoms with E-state index < -0.39 is 22.9 Å². The first-order chi connectivity index (χ1) is 7.06. The quantitative estimate of drug-likeness (QED) is 0.412. The van der Waals surface area contributed by atoms with Gasteiger partial charge in [0.05, 0.1) is 12.7 Å². The van der Waals surface area contributed by atoms with Crippen LogP contribution in [-0.2, 0) is 10.2 Å². The van der Waals surface area contributed by atoms with Gasteiger partial charge in [-0.3, -0.25) is 0 Å². The van der Waals surface area contributed by atoms with Crippen molar-refractivity contribution in [3.63, 3.8) is 0 Å². The van der Waals surface area contributed by atoms with Crippen molar-refractivity contribution in [1.29, 1.82) is 0 Å². The Kier molecular flexibility index (Phi) is 4.90. The Labute approximate surface area is 89.3 Å². The summed E-state index contributed by atoms with van der Waals surface area (Å²) in [5, 5.41) is 20.6. The second-order valence-electron chi connectivity index (χ2n) is 3.34. The molecule has 8 heteroatoms. The van der Waals surface area contributed by atoms with Crippen LogP contribution in [0.2, 0.25) is 0 Å². The molecular weight excluding hydrogens is 222 g/mol. The van der Waals surface area contributed by atoms with Gasteiger partial charge in [0, 0.05) is 32.7 Å². The predicted molar refractivity (Wildman–Crippen MR) is 54.5 cm³/mol. The Hall–Kier alpha value is -0.250. The summed E-state index contributed by atoms with van der Waals surface area (Å²) in [7, 11) is -3.52. The van der Waals surface area contributed by atoms with E-state index in [4.69, 9.17) is 10.2 Å². The molecule has 1 atom stereocenters. The van der Waals surface area contributed by atoms with Crippen LogP contribution in [0.25, 0.3) is 0 Å². The maximum Gasteiger partial charge on any atom is 0.279 e. The zero-order chi connectivity index (χ0) is 11.3. The molecule has 1 aliphatic rings. The fraction of sp³-hybridized carbons (Fsp3) is 1.00. The second-order valence-corrected chi connectivity index (χ2v) is 5.09. The summed E-state index contributed by atoms with van der Waals surface area (Å²) in [6.45, 7) is 1.48. The molecule has 0 aliphatic carbocycles. The minimum absolute atomic E-state index is 0.164. The number of hydrogen-bond donors (Lipinski definition) is 4. The van der Waals surface area contributed by atoms with Crippen LogP contribution in [-0.4, -0.2) is 68.4 Å². The number of hydrogen-bond acceptors (Lipinski definition) is 5. The molecule has 0 saturated carbocycles. The van der Waals surface area contributed by atoms with Crippen LogP contribution in [0.1, 0.15) is 0 Å². The minimum atomic E-state index is -3.52. The number of aliphatic hydroxyl groups is 2. The molecular formula is C7H17N3O4S. The molecule has 1 aliphatic heterocycles. The zero-order valence-electron chi connectivity index (χ0n) is 8.39. The van der Waals surface area contributed by atoms with Crippen LogP contribution in [0.5, 0.6) is 0 Å². The highest BCUT2D eigenvalue weighted by atomic mass is 32.2. The van der Waals surface area contributed by atoms with Crippen molar-refractivity contribution in [1.82, 2.24) is 14.3 Å². The summed E-state index contributed by atoms with van der Waals surface area (Å²) in [5.41, 5.74) is 0. The minimum Gasteiger partial charge on any atom is -0.394 e. The van der Waals surface area contributed by atoms with E-state index in [-0.39, 0.29) is 6.54 Å². The number of aliphatic hydroxyl groups excluding tert-OH is 2. The summed E-state index contributed by atoms with van der Waals surface area (Å²) in [6, 6.07) is 0. The van der Waals surface area contributed by atoms with Gasteiger partial charge in [-0.05, 0) is 0 Å². The molecule has 15 heavy (non-hydrogen) atoms. The molecule has 1 fully saturated rings. The summed E-state index contributed by atoms with van der Waals surface area (Å²) in [6.07, 6.45) is -1.05. The van der Waals surface area contributed by atoms with E-state index in [2.05, 4.69) is 10.0 Å². The van der Waals surface area contributed by atoms with Gasteiger partial charge in [0.25, 0.3) is 10.2 Å². The Balaban J connectivity index is 2.43. The van der Waals surface area contributed by atoms with Crippen molar-refractivity contribution >= 4 is 10.2 Å². The lowest BCUT2D eigenvalue weighted by molar-refractivity contribution is 0.0984. The fourth-order valence-corrected chi connectivity index (χ4v) is 2.49. The summed E-state index contributed by atoms with van der Waals surface area (Å²) in [5.74, 6) is 0. The maximum atomic E-state index is 11.6. The number of rotatable bonds is 5. The van der Waals surface area contributed by atoms with Gasteiger partial charge in [-0.1, -0.05) is 0 Å². The lowest BCUT2D eigenvalue weighted by atomic mass is 10.4. The van der Waals surface area contributed by atoms with Crippen LogP contribution in [0.15, 0.2) is 0 Å². The third kappa shape index (κ3) is 4.01. The van der Waals surface area contributed by atoms with Crippen molar-refractivity contribution in [3.05, 3.63) is 0 Å². The first-order valence-electron chi connectivity index (χ1n) is 4.80. The average Bonchev–Trinajstić information content (AvgIpc) is 2.27. The van der Waals surface area contributed by atoms with Crippen LogP contribution in [0, 0.1) is 0 Å². The first-order valence-corrected chi connectivity index (χ1v) is 6.24. The van der Waals surface area contributed by atoms with E-state index in [0.717, 1.165) is 0 Å². The van der Waals surface area contributed by atoms with E-state index in [1.54, 1.807) is 0 Å². The van der Waals surface area contributed by atoms with E-state index in [9.17, 15) is 8.42 Å². The Morgan fingerprint density at radius 1 is 1.40 bits per heavy atom. The van der Waals surface area contributed by atoms with Crippen molar-refractivity contribution in [2.45, 2.75) is 6.10 Å². The molecule has 0 aromatic carbocycles. The van der Waals surface area contributed by atoms with Gasteiger partial charge in [0.2, 0.25) is 0 Å². The number of piperazine rings is 1. The summed E-state index contributed by atoms with van der Waals surface area (Å²) >= 11 is 0. The topological polar surface area (TPSA) is 102 Å². The molecule has 4 N–H and O–H groups in total. The van der Waals surface area contributed by atoms with E-state index in [0.29, 0.717) is 26.2 Å². The molecule has 0 amide bonds. The van der Waals surface area contributed by atoms with Gasteiger partial charge < -0.3 is 15.5 Å². The van der Waals surface area contributed by atoms with Gasteiger partial charge in [-0.25, -0.2) is 0 Å². The second kappa shape index (κ2) is 5.73. The molecule has 1 rings (SSSR count). The highest BCUT2D eigenvalue weighted by Gasteiger charge is 2.23. The van der Waals surface area contributed by atoms with E-state index in [1.165, 1.54) is 4.31 Å². The smallest absolute Gasteiger partial charge is 0.279 e. The van der Waals surface area contributed by atoms with Crippen LogP contribution in [0.3, 0.4) is 0 Å². The molecule has 1 heterocycles. The molecule has 0 aromatic heterocycles. The highest BCUT2D eigenvalue weighted by Crippen LogP contribution is 1.99. The Morgan fingerprint density at radius 3 is 2.53 bits per heavy atom. The molecule has 0 aromatic rings. The van der Waals surface area contributed by atoms with Crippen LogP contribution >= 0.6 is 0 Å². The van der Waals surface area contributed by atoms with E-state index >= 15 is 0 Å². The molecule has 90 valence electrons. The SMILES string of the molecule is O=S(=O)(NCC(O)CO)N1CCNCC1. The molecule has 0 radical (unpaired) electrons. The van der Waals surface area contributed by atoms with Gasteiger partial charge in [-0.15, -0.1) is 0 Å². The highest BCUT2D eigenvalue weighted by molar-refractivity contribution is 7.87. The molecule has 1 unspecified atom stereocenters. The molecule has 1 saturated heterocycles. The predicted octanol–water partition coefficient (Wildman–Crippen LogP) is -2.92. The third-order valence-electron chi connectivity index (χ3n) is 2.13. The standard InChI is InChI=1S/C7H17N3O4S/c11-6-7(12)5-9-15(13,14)10-3-1-8-2-4-10/h7-9,11-12H,1-6H2. The Bertz CT molecular complexity index is 276. The lowest BCUT2D eigenvalue weighted by Crippen LogP contribution is -2.51. The van der Waals surface area contributed by atoms with Crippen molar-refractivity contribution in [3.8, 4) is 0 Å². The average molecular weight is 239 g/mol. The Morgan fingerprint density at radius 2 is 2.00 bits per heavy atom. The van der Waals surface area contributed by atoms with Gasteiger partial charge in [0.15, 0.2) is 0 Å². The summed E-state index contributed by atoms with van der Waals surface area (Å²) in [4.78, 5) is 0. The monoisotopic (exact) mass is 239 g/mol. The normalized spacial score (nSPS) is 21.5. The first kappa shape index (κ1) is 12.8. The zero-order valence-corrected chi connectivity index (χ0v) is 9.20. The molecule has 7 nitrogen and oxygen atoms in total. The van der Waals surface area contributed by atoms with Crippen molar-refractivity contribution in [2.24, 2.45) is 0 Å². The summed E-state index contributed by atoms with van der Waals surface area (Å²) < 4.78 is 26.8. The van der Waals surface area contributed by atoms with Crippen LogP contribution < -0.4 is 10.0 Å². The third-order valence-corrected chi connectivity index (χ3v) is 3.70. The van der Waals surface area contributed by atoms with Gasteiger partial charge >= 0.3 is 0 Å².